The SMILES string of the molecule is Cl.O=C(C1CC1)N1CC[C@H]2Nc3ccc(F)cc3[C@@H]2C1. The lowest BCUT2D eigenvalue weighted by Gasteiger charge is -2.35. The first-order valence-corrected chi connectivity index (χ1v) is 7.07. The zero-order valence-electron chi connectivity index (χ0n) is 11.1. The summed E-state index contributed by atoms with van der Waals surface area (Å²) < 4.78 is 13.4. The molecule has 0 spiro atoms. The van der Waals surface area contributed by atoms with Gasteiger partial charge in [0.05, 0.1) is 0 Å². The van der Waals surface area contributed by atoms with Gasteiger partial charge in [0.25, 0.3) is 0 Å². The molecule has 2 fully saturated rings. The molecule has 1 aliphatic carbocycles. The van der Waals surface area contributed by atoms with Gasteiger partial charge in [0, 0.05) is 36.7 Å². The summed E-state index contributed by atoms with van der Waals surface area (Å²) >= 11 is 0. The van der Waals surface area contributed by atoms with Gasteiger partial charge in [0.15, 0.2) is 0 Å². The molecule has 0 aromatic heterocycles. The number of anilines is 1. The molecule has 20 heavy (non-hydrogen) atoms. The highest BCUT2D eigenvalue weighted by molar-refractivity contribution is 5.85. The summed E-state index contributed by atoms with van der Waals surface area (Å²) in [5.74, 6) is 0.648. The van der Waals surface area contributed by atoms with E-state index in [1.54, 1.807) is 6.07 Å². The number of rotatable bonds is 1. The van der Waals surface area contributed by atoms with Gasteiger partial charge in [-0.3, -0.25) is 4.79 Å². The van der Waals surface area contributed by atoms with Crippen LogP contribution >= 0.6 is 12.4 Å². The maximum atomic E-state index is 13.4. The smallest absolute Gasteiger partial charge is 0.225 e. The number of nitrogens with one attached hydrogen (secondary N) is 1. The van der Waals surface area contributed by atoms with Crippen LogP contribution in [-0.2, 0) is 4.79 Å². The summed E-state index contributed by atoms with van der Waals surface area (Å²) in [4.78, 5) is 14.1. The van der Waals surface area contributed by atoms with Crippen LogP contribution in [0.1, 0.15) is 30.7 Å². The molecule has 1 aromatic rings. The van der Waals surface area contributed by atoms with Crippen molar-refractivity contribution in [3.05, 3.63) is 29.6 Å². The van der Waals surface area contributed by atoms with Gasteiger partial charge in [-0.25, -0.2) is 4.39 Å². The molecule has 0 unspecified atom stereocenters. The monoisotopic (exact) mass is 296 g/mol. The van der Waals surface area contributed by atoms with Gasteiger partial charge in [-0.1, -0.05) is 0 Å². The highest BCUT2D eigenvalue weighted by Gasteiger charge is 2.41. The van der Waals surface area contributed by atoms with Crippen LogP contribution in [0.2, 0.25) is 0 Å². The second-order valence-electron chi connectivity index (χ2n) is 5.94. The molecule has 1 amide bonds. The minimum absolute atomic E-state index is 0. The molecule has 2 atom stereocenters. The Kier molecular flexibility index (Phi) is 3.36. The Morgan fingerprint density at radius 1 is 1.30 bits per heavy atom. The predicted molar refractivity (Wildman–Crippen MR) is 77.7 cm³/mol. The Morgan fingerprint density at radius 3 is 2.85 bits per heavy atom. The Bertz CT molecular complexity index is 547. The number of benzene rings is 1. The van der Waals surface area contributed by atoms with Gasteiger partial charge in [-0.05, 0) is 43.0 Å². The van der Waals surface area contributed by atoms with Crippen molar-refractivity contribution in [2.24, 2.45) is 5.92 Å². The van der Waals surface area contributed by atoms with Crippen molar-refractivity contribution in [3.63, 3.8) is 0 Å². The van der Waals surface area contributed by atoms with E-state index in [4.69, 9.17) is 0 Å². The van der Waals surface area contributed by atoms with Crippen LogP contribution in [0.15, 0.2) is 18.2 Å². The molecule has 108 valence electrons. The van der Waals surface area contributed by atoms with E-state index in [1.807, 2.05) is 11.0 Å². The van der Waals surface area contributed by atoms with Crippen LogP contribution < -0.4 is 5.32 Å². The Morgan fingerprint density at radius 2 is 2.10 bits per heavy atom. The molecule has 1 N–H and O–H groups in total. The fourth-order valence-corrected chi connectivity index (χ4v) is 3.40. The van der Waals surface area contributed by atoms with Gasteiger partial charge < -0.3 is 10.2 Å². The largest absolute Gasteiger partial charge is 0.381 e. The zero-order chi connectivity index (χ0) is 13.0. The number of halogens is 2. The third-order valence-electron chi connectivity index (χ3n) is 4.61. The Hall–Kier alpha value is -1.29. The molecule has 1 saturated carbocycles. The lowest BCUT2D eigenvalue weighted by atomic mass is 9.89. The zero-order valence-corrected chi connectivity index (χ0v) is 12.0. The number of fused-ring (bicyclic) bond motifs is 3. The highest BCUT2D eigenvalue weighted by atomic mass is 35.5. The van der Waals surface area contributed by atoms with Crippen molar-refractivity contribution in [2.45, 2.75) is 31.2 Å². The molecular weight excluding hydrogens is 279 g/mol. The number of carbonyl (C=O) groups is 1. The van der Waals surface area contributed by atoms with Crippen molar-refractivity contribution < 1.29 is 9.18 Å². The quantitative estimate of drug-likeness (QED) is 0.864. The predicted octanol–water partition coefficient (Wildman–Crippen LogP) is 2.77. The molecule has 0 radical (unpaired) electrons. The van der Waals surface area contributed by atoms with E-state index in [9.17, 15) is 9.18 Å². The third kappa shape index (κ3) is 2.16. The molecule has 3 nitrogen and oxygen atoms in total. The fourth-order valence-electron chi connectivity index (χ4n) is 3.40. The Labute approximate surface area is 123 Å². The van der Waals surface area contributed by atoms with E-state index >= 15 is 0 Å². The second-order valence-corrected chi connectivity index (χ2v) is 5.94. The van der Waals surface area contributed by atoms with Crippen LogP contribution in [0.4, 0.5) is 10.1 Å². The van der Waals surface area contributed by atoms with Gasteiger partial charge in [-0.15, -0.1) is 12.4 Å². The number of nitrogens with zero attached hydrogens (tertiary/aromatic N) is 1. The maximum Gasteiger partial charge on any atom is 0.225 e. The van der Waals surface area contributed by atoms with Crippen LogP contribution in [0, 0.1) is 11.7 Å². The summed E-state index contributed by atoms with van der Waals surface area (Å²) in [5.41, 5.74) is 2.08. The first-order valence-electron chi connectivity index (χ1n) is 7.07. The average Bonchev–Trinajstić information content (AvgIpc) is 3.20. The van der Waals surface area contributed by atoms with Crippen molar-refractivity contribution in [1.82, 2.24) is 4.90 Å². The molecule has 5 heteroatoms. The third-order valence-corrected chi connectivity index (χ3v) is 4.61. The molecule has 1 aromatic carbocycles. The molecule has 2 aliphatic heterocycles. The van der Waals surface area contributed by atoms with Crippen LogP contribution in [0.25, 0.3) is 0 Å². The molecule has 1 saturated heterocycles. The number of carbonyl (C=O) groups excluding carboxylic acids is 1. The van der Waals surface area contributed by atoms with Crippen molar-refractivity contribution in [2.75, 3.05) is 18.4 Å². The number of hydrogen-bond donors (Lipinski definition) is 1. The van der Waals surface area contributed by atoms with Crippen molar-refractivity contribution in [1.29, 1.82) is 0 Å². The number of amides is 1. The molecule has 0 bridgehead atoms. The van der Waals surface area contributed by atoms with E-state index in [-0.39, 0.29) is 30.1 Å². The molecule has 2 heterocycles. The summed E-state index contributed by atoms with van der Waals surface area (Å²) in [6.45, 7) is 1.57. The van der Waals surface area contributed by atoms with E-state index in [0.717, 1.165) is 43.6 Å². The number of hydrogen-bond acceptors (Lipinski definition) is 2. The minimum atomic E-state index is -0.188. The summed E-state index contributed by atoms with van der Waals surface area (Å²) in [7, 11) is 0. The number of likely N-dealkylation sites (tertiary alicyclic amines) is 1. The van der Waals surface area contributed by atoms with Gasteiger partial charge >= 0.3 is 0 Å². The second kappa shape index (κ2) is 4.92. The van der Waals surface area contributed by atoms with Crippen LogP contribution in [0.5, 0.6) is 0 Å². The maximum absolute atomic E-state index is 13.4. The molecular formula is C15H18ClFN2O. The van der Waals surface area contributed by atoms with Gasteiger partial charge in [0.1, 0.15) is 5.82 Å². The van der Waals surface area contributed by atoms with Gasteiger partial charge in [-0.2, -0.15) is 0 Å². The van der Waals surface area contributed by atoms with Crippen LogP contribution in [0.3, 0.4) is 0 Å². The summed E-state index contributed by atoms with van der Waals surface area (Å²) in [6, 6.07) is 5.30. The van der Waals surface area contributed by atoms with E-state index < -0.39 is 0 Å². The molecule has 3 aliphatic rings. The van der Waals surface area contributed by atoms with Crippen molar-refractivity contribution >= 4 is 24.0 Å². The average molecular weight is 297 g/mol. The summed E-state index contributed by atoms with van der Waals surface area (Å²) in [6.07, 6.45) is 3.05. The fraction of sp³-hybridized carbons (Fsp3) is 0.533. The minimum Gasteiger partial charge on any atom is -0.381 e. The lowest BCUT2D eigenvalue weighted by Crippen LogP contribution is -2.45. The van der Waals surface area contributed by atoms with E-state index in [2.05, 4.69) is 5.32 Å². The van der Waals surface area contributed by atoms with Gasteiger partial charge in [0.2, 0.25) is 5.91 Å². The van der Waals surface area contributed by atoms with E-state index in [1.165, 1.54) is 6.07 Å². The normalized spacial score (nSPS) is 27.1. The first-order chi connectivity index (χ1) is 9.22. The lowest BCUT2D eigenvalue weighted by molar-refractivity contribution is -0.133. The molecule has 4 rings (SSSR count). The van der Waals surface area contributed by atoms with E-state index in [0.29, 0.717) is 11.9 Å². The highest BCUT2D eigenvalue weighted by Crippen LogP contribution is 2.41. The van der Waals surface area contributed by atoms with Crippen LogP contribution in [-0.4, -0.2) is 29.9 Å². The standard InChI is InChI=1S/C15H17FN2O.ClH/c16-10-3-4-13-11(7-10)12-8-18(6-5-14(12)17-13)15(19)9-1-2-9;/h3-4,7,9,12,14,17H,1-2,5-6,8H2;1H/t12-,14+;/m0./s1. The number of piperidine rings is 1. The topological polar surface area (TPSA) is 32.3 Å². The van der Waals surface area contributed by atoms with Crippen molar-refractivity contribution in [3.8, 4) is 0 Å². The summed E-state index contributed by atoms with van der Waals surface area (Å²) in [5, 5.41) is 3.46. The first kappa shape index (κ1) is 13.7. The Balaban J connectivity index is 0.00000121.